The van der Waals surface area contributed by atoms with E-state index in [1.807, 2.05) is 0 Å². The summed E-state index contributed by atoms with van der Waals surface area (Å²) in [5.41, 5.74) is 0. The SMILES string of the molecule is CCOc1cc(F)cnc1N=O. The molecule has 64 valence electrons. The molecular formula is C7H7FN2O2. The van der Waals surface area contributed by atoms with E-state index < -0.39 is 5.82 Å². The molecule has 0 aromatic carbocycles. The van der Waals surface area contributed by atoms with Crippen molar-refractivity contribution in [2.45, 2.75) is 6.92 Å². The van der Waals surface area contributed by atoms with Gasteiger partial charge in [0.15, 0.2) is 5.75 Å². The number of pyridine rings is 1. The molecule has 0 saturated heterocycles. The van der Waals surface area contributed by atoms with Gasteiger partial charge in [-0.3, -0.25) is 0 Å². The third-order valence-electron chi connectivity index (χ3n) is 1.19. The van der Waals surface area contributed by atoms with E-state index in [0.717, 1.165) is 12.3 Å². The highest BCUT2D eigenvalue weighted by molar-refractivity contribution is 5.44. The number of hydrogen-bond donors (Lipinski definition) is 0. The van der Waals surface area contributed by atoms with Crippen molar-refractivity contribution in [2.75, 3.05) is 6.61 Å². The molecule has 0 radical (unpaired) electrons. The fraction of sp³-hybridized carbons (Fsp3) is 0.286. The summed E-state index contributed by atoms with van der Waals surface area (Å²) in [5, 5.41) is 2.58. The lowest BCUT2D eigenvalue weighted by Gasteiger charge is -2.02. The Morgan fingerprint density at radius 3 is 3.08 bits per heavy atom. The summed E-state index contributed by atoms with van der Waals surface area (Å²) in [7, 11) is 0. The minimum atomic E-state index is -0.550. The van der Waals surface area contributed by atoms with Crippen LogP contribution in [-0.2, 0) is 0 Å². The fourth-order valence-electron chi connectivity index (χ4n) is 0.744. The lowest BCUT2D eigenvalue weighted by Crippen LogP contribution is -1.93. The molecule has 4 nitrogen and oxygen atoms in total. The van der Waals surface area contributed by atoms with Crippen molar-refractivity contribution in [3.63, 3.8) is 0 Å². The number of nitrogens with zero attached hydrogens (tertiary/aromatic N) is 2. The van der Waals surface area contributed by atoms with Crippen molar-refractivity contribution in [1.29, 1.82) is 0 Å². The Bertz CT molecular complexity index is 291. The molecule has 0 aliphatic carbocycles. The van der Waals surface area contributed by atoms with Gasteiger partial charge in [-0.25, -0.2) is 9.37 Å². The second kappa shape index (κ2) is 3.75. The van der Waals surface area contributed by atoms with Crippen LogP contribution in [0.15, 0.2) is 17.4 Å². The molecule has 0 amide bonds. The van der Waals surface area contributed by atoms with Gasteiger partial charge in [0, 0.05) is 6.07 Å². The summed E-state index contributed by atoms with van der Waals surface area (Å²) >= 11 is 0. The zero-order valence-electron chi connectivity index (χ0n) is 6.45. The first-order chi connectivity index (χ1) is 5.77. The van der Waals surface area contributed by atoms with Crippen LogP contribution >= 0.6 is 0 Å². The molecule has 0 spiro atoms. The molecule has 1 rings (SSSR count). The van der Waals surface area contributed by atoms with Crippen molar-refractivity contribution in [1.82, 2.24) is 4.98 Å². The Kier molecular flexibility index (Phi) is 2.68. The highest BCUT2D eigenvalue weighted by Gasteiger charge is 2.06. The van der Waals surface area contributed by atoms with Gasteiger partial charge in [-0.15, -0.1) is 4.91 Å². The summed E-state index contributed by atoms with van der Waals surface area (Å²) in [6, 6.07) is 1.08. The first kappa shape index (κ1) is 8.58. The number of halogens is 1. The lowest BCUT2D eigenvalue weighted by atomic mass is 10.4. The van der Waals surface area contributed by atoms with Crippen LogP contribution in [0.25, 0.3) is 0 Å². The van der Waals surface area contributed by atoms with Crippen LogP contribution in [0.2, 0.25) is 0 Å². The minimum Gasteiger partial charge on any atom is -0.490 e. The maximum Gasteiger partial charge on any atom is 0.239 e. The number of hydrogen-bond acceptors (Lipinski definition) is 4. The van der Waals surface area contributed by atoms with E-state index in [1.54, 1.807) is 6.92 Å². The molecule has 1 heterocycles. The van der Waals surface area contributed by atoms with Gasteiger partial charge in [0.1, 0.15) is 5.82 Å². The molecule has 0 atom stereocenters. The highest BCUT2D eigenvalue weighted by Crippen LogP contribution is 2.24. The van der Waals surface area contributed by atoms with E-state index in [4.69, 9.17) is 4.74 Å². The Morgan fingerprint density at radius 2 is 2.50 bits per heavy atom. The quantitative estimate of drug-likeness (QED) is 0.652. The first-order valence-electron chi connectivity index (χ1n) is 3.39. The van der Waals surface area contributed by atoms with E-state index in [-0.39, 0.29) is 11.6 Å². The summed E-state index contributed by atoms with van der Waals surface area (Å²) in [6.45, 7) is 2.06. The van der Waals surface area contributed by atoms with Gasteiger partial charge in [-0.1, -0.05) is 0 Å². The number of rotatable bonds is 3. The average molecular weight is 170 g/mol. The summed E-state index contributed by atoms with van der Waals surface area (Å²) in [4.78, 5) is 13.5. The van der Waals surface area contributed by atoms with Gasteiger partial charge in [-0.2, -0.15) is 0 Å². The van der Waals surface area contributed by atoms with Crippen LogP contribution in [0.3, 0.4) is 0 Å². The van der Waals surface area contributed by atoms with Crippen molar-refractivity contribution in [3.05, 3.63) is 23.0 Å². The van der Waals surface area contributed by atoms with Gasteiger partial charge in [0.2, 0.25) is 5.82 Å². The average Bonchev–Trinajstić information content (AvgIpc) is 2.05. The predicted octanol–water partition coefficient (Wildman–Crippen LogP) is 2.02. The second-order valence-corrected chi connectivity index (χ2v) is 2.00. The lowest BCUT2D eigenvalue weighted by molar-refractivity contribution is 0.338. The standard InChI is InChI=1S/C7H7FN2O2/c1-2-12-6-3-5(8)4-9-7(6)10-11/h3-4H,2H2,1H3. The summed E-state index contributed by atoms with van der Waals surface area (Å²) < 4.78 is 17.4. The van der Waals surface area contributed by atoms with Gasteiger partial charge < -0.3 is 4.74 Å². The van der Waals surface area contributed by atoms with Gasteiger partial charge in [0.25, 0.3) is 0 Å². The van der Waals surface area contributed by atoms with Gasteiger partial charge in [0.05, 0.1) is 12.8 Å². The van der Waals surface area contributed by atoms with Crippen molar-refractivity contribution in [3.8, 4) is 5.75 Å². The molecule has 0 bridgehead atoms. The third kappa shape index (κ3) is 1.75. The molecule has 1 aromatic rings. The van der Waals surface area contributed by atoms with Crippen molar-refractivity contribution < 1.29 is 9.13 Å². The normalized spacial score (nSPS) is 9.50. The van der Waals surface area contributed by atoms with Crippen LogP contribution < -0.4 is 4.74 Å². The maximum absolute atomic E-state index is 12.5. The summed E-state index contributed by atoms with van der Waals surface area (Å²) in [5.74, 6) is -0.600. The van der Waals surface area contributed by atoms with E-state index in [0.29, 0.717) is 6.61 Å². The predicted molar refractivity (Wildman–Crippen MR) is 40.8 cm³/mol. The van der Waals surface area contributed by atoms with E-state index >= 15 is 0 Å². The number of aromatic nitrogens is 1. The van der Waals surface area contributed by atoms with Crippen LogP contribution in [-0.4, -0.2) is 11.6 Å². The largest absolute Gasteiger partial charge is 0.490 e. The van der Waals surface area contributed by atoms with Gasteiger partial charge in [-0.05, 0) is 12.1 Å². The smallest absolute Gasteiger partial charge is 0.239 e. The molecular weight excluding hydrogens is 163 g/mol. The Hall–Kier alpha value is -1.52. The molecule has 0 aliphatic rings. The zero-order chi connectivity index (χ0) is 8.97. The monoisotopic (exact) mass is 170 g/mol. The molecule has 0 aliphatic heterocycles. The minimum absolute atomic E-state index is 0.0764. The number of ether oxygens (including phenoxy) is 1. The first-order valence-corrected chi connectivity index (χ1v) is 3.39. The fourth-order valence-corrected chi connectivity index (χ4v) is 0.744. The number of nitroso groups, excluding NO2 is 1. The maximum atomic E-state index is 12.5. The zero-order valence-corrected chi connectivity index (χ0v) is 6.45. The van der Waals surface area contributed by atoms with E-state index in [9.17, 15) is 9.30 Å². The molecule has 0 saturated carbocycles. The molecule has 5 heteroatoms. The molecule has 12 heavy (non-hydrogen) atoms. The molecule has 0 N–H and O–H groups in total. The van der Waals surface area contributed by atoms with Crippen LogP contribution in [0.4, 0.5) is 10.2 Å². The molecule has 0 unspecified atom stereocenters. The topological polar surface area (TPSA) is 51.6 Å². The van der Waals surface area contributed by atoms with Crippen LogP contribution in [0.1, 0.15) is 6.92 Å². The van der Waals surface area contributed by atoms with E-state index in [2.05, 4.69) is 10.2 Å². The van der Waals surface area contributed by atoms with Gasteiger partial charge >= 0.3 is 0 Å². The van der Waals surface area contributed by atoms with Crippen molar-refractivity contribution in [2.24, 2.45) is 5.18 Å². The Balaban J connectivity index is 3.03. The molecule has 0 fully saturated rings. The summed E-state index contributed by atoms with van der Waals surface area (Å²) in [6.07, 6.45) is 0.916. The van der Waals surface area contributed by atoms with Crippen LogP contribution in [0.5, 0.6) is 5.75 Å². The van der Waals surface area contributed by atoms with E-state index in [1.165, 1.54) is 0 Å². The molecule has 1 aromatic heterocycles. The Labute approximate surface area is 68.4 Å². The van der Waals surface area contributed by atoms with Crippen LogP contribution in [0, 0.1) is 10.7 Å². The second-order valence-electron chi connectivity index (χ2n) is 2.00. The van der Waals surface area contributed by atoms with Crippen molar-refractivity contribution >= 4 is 5.82 Å². The third-order valence-corrected chi connectivity index (χ3v) is 1.19. The highest BCUT2D eigenvalue weighted by atomic mass is 19.1. The Morgan fingerprint density at radius 1 is 1.75 bits per heavy atom.